The summed E-state index contributed by atoms with van der Waals surface area (Å²) in [5.74, 6) is 0. The molecule has 0 radical (unpaired) electrons. The molecule has 1 aliphatic rings. The van der Waals surface area contributed by atoms with Crippen LogP contribution in [0, 0.1) is 0 Å². The van der Waals surface area contributed by atoms with Gasteiger partial charge < -0.3 is 15.0 Å². The van der Waals surface area contributed by atoms with Crippen LogP contribution in [0.25, 0.3) is 0 Å². The van der Waals surface area contributed by atoms with Crippen molar-refractivity contribution in [3.05, 3.63) is 30.1 Å². The lowest BCUT2D eigenvalue weighted by Gasteiger charge is -2.38. The number of pyridine rings is 1. The normalized spacial score (nSPS) is 24.5. The Hall–Kier alpha value is -1.30. The highest BCUT2D eigenvalue weighted by molar-refractivity contribution is 5.52. The fraction of sp³-hybridized carbons (Fsp3) is 0.500. The van der Waals surface area contributed by atoms with E-state index < -0.39 is 12.0 Å². The van der Waals surface area contributed by atoms with Gasteiger partial charge in [-0.3, -0.25) is 4.98 Å². The van der Waals surface area contributed by atoms with Crippen LogP contribution in [0.2, 0.25) is 0 Å². The molecule has 0 amide bonds. The highest BCUT2D eigenvalue weighted by atomic mass is 16.3. The van der Waals surface area contributed by atoms with Crippen LogP contribution >= 0.6 is 0 Å². The van der Waals surface area contributed by atoms with Gasteiger partial charge in [-0.15, -0.1) is 0 Å². The van der Waals surface area contributed by atoms with Crippen LogP contribution in [-0.2, 0) is 10.5 Å². The third kappa shape index (κ3) is 2.22. The number of hydrogen-bond acceptors (Lipinski definition) is 5. The van der Waals surface area contributed by atoms with Crippen molar-refractivity contribution in [2.75, 3.05) is 6.54 Å². The second-order valence-electron chi connectivity index (χ2n) is 4.24. The van der Waals surface area contributed by atoms with Gasteiger partial charge in [-0.2, -0.15) is 0 Å². The van der Waals surface area contributed by atoms with E-state index in [4.69, 9.17) is 0 Å². The molecule has 0 spiro atoms. The van der Waals surface area contributed by atoms with Gasteiger partial charge in [-0.25, -0.2) is 4.90 Å². The molecule has 1 aromatic heterocycles. The highest BCUT2D eigenvalue weighted by Crippen LogP contribution is 2.33. The van der Waals surface area contributed by atoms with Gasteiger partial charge in [-0.05, 0) is 25.0 Å². The molecule has 2 atom stereocenters. The molecule has 1 saturated heterocycles. The average Bonchev–Trinajstić information content (AvgIpc) is 2.77. The first-order valence-corrected chi connectivity index (χ1v) is 5.70. The van der Waals surface area contributed by atoms with Crippen LogP contribution < -0.4 is 0 Å². The topological polar surface area (TPSA) is 73.7 Å². The van der Waals surface area contributed by atoms with Crippen LogP contribution in [0.15, 0.2) is 24.5 Å². The molecule has 2 heterocycles. The van der Waals surface area contributed by atoms with Gasteiger partial charge in [0, 0.05) is 24.5 Å². The molecule has 0 saturated carbocycles. The molecular weight excluding hydrogens is 220 g/mol. The Morgan fingerprint density at radius 2 is 2.24 bits per heavy atom. The summed E-state index contributed by atoms with van der Waals surface area (Å²) in [4.78, 5) is 16.2. The molecular formula is C12H16N2O3. The maximum atomic E-state index is 10.8. The molecule has 1 aliphatic heterocycles. The first kappa shape index (κ1) is 12.2. The molecule has 1 unspecified atom stereocenters. The average molecular weight is 236 g/mol. The molecule has 5 heteroatoms. The zero-order chi connectivity index (χ0) is 12.3. The van der Waals surface area contributed by atoms with Crippen molar-refractivity contribution in [1.29, 1.82) is 0 Å². The van der Waals surface area contributed by atoms with Crippen molar-refractivity contribution < 1.29 is 15.0 Å². The molecule has 2 rings (SSSR count). The Kier molecular flexibility index (Phi) is 3.51. The summed E-state index contributed by atoms with van der Waals surface area (Å²) in [6, 6.07) is 3.32. The zero-order valence-electron chi connectivity index (χ0n) is 9.49. The molecule has 1 aromatic rings. The number of aromatic nitrogens is 1. The summed E-state index contributed by atoms with van der Waals surface area (Å²) in [6.07, 6.45) is 4.47. The number of rotatable bonds is 4. The second kappa shape index (κ2) is 4.91. The van der Waals surface area contributed by atoms with E-state index in [0.29, 0.717) is 24.8 Å². The summed E-state index contributed by atoms with van der Waals surface area (Å²) in [5.41, 5.74) is -0.846. The SMILES string of the molecule is O=CC[C@@](O)(c1ccncc1)N1CCCC1O. The number of hydrogen-bond donors (Lipinski definition) is 2. The van der Waals surface area contributed by atoms with E-state index in [9.17, 15) is 15.0 Å². The molecule has 92 valence electrons. The summed E-state index contributed by atoms with van der Waals surface area (Å²) in [5, 5.41) is 20.5. The second-order valence-corrected chi connectivity index (χ2v) is 4.24. The largest absolute Gasteiger partial charge is 0.378 e. The minimum absolute atomic E-state index is 0.0614. The van der Waals surface area contributed by atoms with Gasteiger partial charge in [0.25, 0.3) is 0 Å². The van der Waals surface area contributed by atoms with E-state index in [1.807, 2.05) is 0 Å². The van der Waals surface area contributed by atoms with Crippen molar-refractivity contribution >= 4 is 6.29 Å². The quantitative estimate of drug-likeness (QED) is 0.732. The monoisotopic (exact) mass is 236 g/mol. The van der Waals surface area contributed by atoms with Gasteiger partial charge in [0.2, 0.25) is 0 Å². The number of aliphatic hydroxyl groups is 2. The lowest BCUT2D eigenvalue weighted by molar-refractivity contribution is -0.170. The third-order valence-corrected chi connectivity index (χ3v) is 3.21. The Morgan fingerprint density at radius 3 is 2.76 bits per heavy atom. The maximum Gasteiger partial charge on any atom is 0.153 e. The van der Waals surface area contributed by atoms with E-state index in [2.05, 4.69) is 4.98 Å². The van der Waals surface area contributed by atoms with Crippen LogP contribution in [0.1, 0.15) is 24.8 Å². The smallest absolute Gasteiger partial charge is 0.153 e. The Morgan fingerprint density at radius 1 is 1.53 bits per heavy atom. The molecule has 0 bridgehead atoms. The molecule has 0 aromatic carbocycles. The summed E-state index contributed by atoms with van der Waals surface area (Å²) in [7, 11) is 0. The van der Waals surface area contributed by atoms with Crippen molar-refractivity contribution in [3.63, 3.8) is 0 Å². The number of carbonyl (C=O) groups is 1. The van der Waals surface area contributed by atoms with E-state index in [1.54, 1.807) is 29.4 Å². The van der Waals surface area contributed by atoms with E-state index in [0.717, 1.165) is 6.42 Å². The van der Waals surface area contributed by atoms with Gasteiger partial charge in [0.05, 0.1) is 6.42 Å². The van der Waals surface area contributed by atoms with Crippen LogP contribution in [0.5, 0.6) is 0 Å². The Labute approximate surface area is 99.7 Å². The van der Waals surface area contributed by atoms with Crippen molar-refractivity contribution in [2.45, 2.75) is 31.2 Å². The standard InChI is InChI=1S/C12H16N2O3/c15-9-5-12(17,10-3-6-13-7-4-10)14-8-1-2-11(14)16/h3-4,6-7,9,11,16-17H,1-2,5,8H2/t11?,12-/m1/s1. The number of aldehydes is 1. The van der Waals surface area contributed by atoms with Crippen molar-refractivity contribution in [1.82, 2.24) is 9.88 Å². The van der Waals surface area contributed by atoms with Crippen LogP contribution in [0.4, 0.5) is 0 Å². The fourth-order valence-corrected chi connectivity index (χ4v) is 2.32. The van der Waals surface area contributed by atoms with Crippen molar-refractivity contribution in [3.8, 4) is 0 Å². The minimum Gasteiger partial charge on any atom is -0.378 e. The third-order valence-electron chi connectivity index (χ3n) is 3.21. The predicted molar refractivity (Wildman–Crippen MR) is 60.8 cm³/mol. The highest BCUT2D eigenvalue weighted by Gasteiger charge is 2.41. The van der Waals surface area contributed by atoms with Crippen LogP contribution in [-0.4, -0.2) is 39.2 Å². The zero-order valence-corrected chi connectivity index (χ0v) is 9.49. The first-order valence-electron chi connectivity index (χ1n) is 5.70. The van der Waals surface area contributed by atoms with Gasteiger partial charge in [0.1, 0.15) is 12.5 Å². The van der Waals surface area contributed by atoms with Crippen LogP contribution in [0.3, 0.4) is 0 Å². The van der Waals surface area contributed by atoms with E-state index >= 15 is 0 Å². The summed E-state index contributed by atoms with van der Waals surface area (Å²) < 4.78 is 0. The Bertz CT molecular complexity index is 385. The molecule has 17 heavy (non-hydrogen) atoms. The molecule has 5 nitrogen and oxygen atoms in total. The summed E-state index contributed by atoms with van der Waals surface area (Å²) in [6.45, 7) is 0.577. The number of carbonyl (C=O) groups excluding carboxylic acids is 1. The minimum atomic E-state index is -1.43. The Balaban J connectivity index is 2.35. The van der Waals surface area contributed by atoms with E-state index in [-0.39, 0.29) is 6.42 Å². The first-order chi connectivity index (χ1) is 8.18. The molecule has 2 N–H and O–H groups in total. The fourth-order valence-electron chi connectivity index (χ4n) is 2.32. The predicted octanol–water partition coefficient (Wildman–Crippen LogP) is 0.230. The lowest BCUT2D eigenvalue weighted by Crippen LogP contribution is -2.49. The van der Waals surface area contributed by atoms with Gasteiger partial charge >= 0.3 is 0 Å². The summed E-state index contributed by atoms with van der Waals surface area (Å²) >= 11 is 0. The maximum absolute atomic E-state index is 10.8. The van der Waals surface area contributed by atoms with E-state index in [1.165, 1.54) is 0 Å². The van der Waals surface area contributed by atoms with Gasteiger partial charge in [-0.1, -0.05) is 0 Å². The van der Waals surface area contributed by atoms with Crippen molar-refractivity contribution in [2.24, 2.45) is 0 Å². The molecule has 1 fully saturated rings. The van der Waals surface area contributed by atoms with Gasteiger partial charge in [0.15, 0.2) is 5.72 Å². The number of aliphatic hydroxyl groups excluding tert-OH is 1. The number of likely N-dealkylation sites (tertiary alicyclic amines) is 1. The number of nitrogens with zero attached hydrogens (tertiary/aromatic N) is 2. The lowest BCUT2D eigenvalue weighted by atomic mass is 9.99. The molecule has 0 aliphatic carbocycles.